The molecule has 0 radical (unpaired) electrons. The van der Waals surface area contributed by atoms with E-state index in [0.29, 0.717) is 6.04 Å². The highest BCUT2D eigenvalue weighted by molar-refractivity contribution is 5.30. The zero-order valence-corrected chi connectivity index (χ0v) is 10.2. The smallest absolute Gasteiger partial charge is 0.203 e. The molecule has 1 N–H and O–H groups in total. The Morgan fingerprint density at radius 3 is 2.69 bits per heavy atom. The molecule has 3 atom stereocenters. The van der Waals surface area contributed by atoms with Gasteiger partial charge < -0.3 is 9.88 Å². The predicted octanol–water partition coefficient (Wildman–Crippen LogP) is 3.06. The quantitative estimate of drug-likeness (QED) is 0.846. The zero-order valence-electron chi connectivity index (χ0n) is 10.2. The van der Waals surface area contributed by atoms with Crippen LogP contribution in [0.4, 0.5) is 5.95 Å². The average Bonchev–Trinajstić information content (AvgIpc) is 2.95. The Bertz CT molecular complexity index is 367. The van der Waals surface area contributed by atoms with Crippen molar-refractivity contribution in [3.05, 3.63) is 12.4 Å². The van der Waals surface area contributed by atoms with Crippen LogP contribution in [-0.2, 0) is 0 Å². The van der Waals surface area contributed by atoms with Gasteiger partial charge in [-0.25, -0.2) is 4.98 Å². The van der Waals surface area contributed by atoms with Crippen LogP contribution in [0, 0.1) is 11.8 Å². The van der Waals surface area contributed by atoms with Crippen molar-refractivity contribution in [2.24, 2.45) is 11.8 Å². The lowest BCUT2D eigenvalue weighted by Gasteiger charge is -2.20. The fourth-order valence-corrected chi connectivity index (χ4v) is 2.81. The number of aromatic nitrogens is 2. The van der Waals surface area contributed by atoms with Crippen molar-refractivity contribution < 1.29 is 0 Å². The van der Waals surface area contributed by atoms with E-state index in [9.17, 15) is 0 Å². The number of hydrogen-bond acceptors (Lipinski definition) is 2. The third-order valence-corrected chi connectivity index (χ3v) is 4.39. The molecule has 0 aliphatic heterocycles. The molecule has 88 valence electrons. The maximum Gasteiger partial charge on any atom is 0.203 e. The maximum atomic E-state index is 4.45. The van der Waals surface area contributed by atoms with Gasteiger partial charge in [-0.1, -0.05) is 13.8 Å². The van der Waals surface area contributed by atoms with Gasteiger partial charge in [-0.2, -0.15) is 0 Å². The van der Waals surface area contributed by atoms with Gasteiger partial charge in [-0.3, -0.25) is 0 Å². The summed E-state index contributed by atoms with van der Waals surface area (Å²) in [7, 11) is 0. The highest BCUT2D eigenvalue weighted by Gasteiger charge is 2.32. The van der Waals surface area contributed by atoms with Crippen LogP contribution in [-0.4, -0.2) is 15.6 Å². The Hall–Kier alpha value is -0.990. The lowest BCUT2D eigenvalue weighted by molar-refractivity contribution is 0.433. The molecule has 1 aromatic rings. The summed E-state index contributed by atoms with van der Waals surface area (Å²) < 4.78 is 2.32. The summed E-state index contributed by atoms with van der Waals surface area (Å²) in [6.07, 6.45) is 9.32. The molecule has 16 heavy (non-hydrogen) atoms. The molecule has 2 aliphatic rings. The highest BCUT2D eigenvalue weighted by Crippen LogP contribution is 2.38. The van der Waals surface area contributed by atoms with E-state index in [1.165, 1.54) is 25.7 Å². The molecule has 3 rings (SSSR count). The van der Waals surface area contributed by atoms with Gasteiger partial charge in [0.25, 0.3) is 0 Å². The molecule has 1 heterocycles. The SMILES string of the molecule is CC1CCC(Nc2nccn2C2CC2)C1C. The molecule has 3 heteroatoms. The van der Waals surface area contributed by atoms with Gasteiger partial charge in [0.05, 0.1) is 0 Å². The highest BCUT2D eigenvalue weighted by atomic mass is 15.2. The second-order valence-electron chi connectivity index (χ2n) is 5.55. The third-order valence-electron chi connectivity index (χ3n) is 4.39. The van der Waals surface area contributed by atoms with Crippen molar-refractivity contribution >= 4 is 5.95 Å². The Morgan fingerprint density at radius 2 is 2.06 bits per heavy atom. The molecular formula is C13H21N3. The first-order chi connectivity index (χ1) is 7.75. The van der Waals surface area contributed by atoms with Gasteiger partial charge in [-0.15, -0.1) is 0 Å². The zero-order chi connectivity index (χ0) is 11.1. The first-order valence-electron chi connectivity index (χ1n) is 6.55. The number of anilines is 1. The van der Waals surface area contributed by atoms with E-state index < -0.39 is 0 Å². The van der Waals surface area contributed by atoms with Crippen molar-refractivity contribution in [3.8, 4) is 0 Å². The van der Waals surface area contributed by atoms with Crippen molar-refractivity contribution in [1.82, 2.24) is 9.55 Å². The fourth-order valence-electron chi connectivity index (χ4n) is 2.81. The number of nitrogens with one attached hydrogen (secondary N) is 1. The van der Waals surface area contributed by atoms with Gasteiger partial charge in [-0.05, 0) is 37.5 Å². The van der Waals surface area contributed by atoms with Crippen LogP contribution in [0.5, 0.6) is 0 Å². The van der Waals surface area contributed by atoms with Crippen LogP contribution in [0.15, 0.2) is 12.4 Å². The Morgan fingerprint density at radius 1 is 1.25 bits per heavy atom. The lowest BCUT2D eigenvalue weighted by atomic mass is 9.98. The summed E-state index contributed by atoms with van der Waals surface area (Å²) in [5.74, 6) is 2.71. The van der Waals surface area contributed by atoms with E-state index in [0.717, 1.165) is 23.8 Å². The van der Waals surface area contributed by atoms with Crippen molar-refractivity contribution in [3.63, 3.8) is 0 Å². The molecule has 0 bridgehead atoms. The summed E-state index contributed by atoms with van der Waals surface area (Å²) >= 11 is 0. The molecule has 3 unspecified atom stereocenters. The van der Waals surface area contributed by atoms with E-state index in [4.69, 9.17) is 0 Å². The Balaban J connectivity index is 1.71. The van der Waals surface area contributed by atoms with Gasteiger partial charge in [0.2, 0.25) is 5.95 Å². The number of nitrogens with zero attached hydrogens (tertiary/aromatic N) is 2. The summed E-state index contributed by atoms with van der Waals surface area (Å²) in [6.45, 7) is 4.72. The van der Waals surface area contributed by atoms with Crippen LogP contribution < -0.4 is 5.32 Å². The second kappa shape index (κ2) is 3.79. The summed E-state index contributed by atoms with van der Waals surface area (Å²) in [5, 5.41) is 3.64. The minimum atomic E-state index is 0.620. The predicted molar refractivity (Wildman–Crippen MR) is 65.5 cm³/mol. The van der Waals surface area contributed by atoms with E-state index in [2.05, 4.69) is 34.9 Å². The largest absolute Gasteiger partial charge is 0.353 e. The van der Waals surface area contributed by atoms with Gasteiger partial charge in [0.15, 0.2) is 0 Å². The van der Waals surface area contributed by atoms with E-state index in [-0.39, 0.29) is 0 Å². The minimum Gasteiger partial charge on any atom is -0.353 e. The van der Waals surface area contributed by atoms with Crippen LogP contribution in [0.25, 0.3) is 0 Å². The molecule has 2 saturated carbocycles. The Kier molecular flexibility index (Phi) is 2.41. The standard InChI is InChI=1S/C13H21N3/c1-9-3-6-12(10(9)2)15-13-14-7-8-16(13)11-4-5-11/h7-12H,3-6H2,1-2H3,(H,14,15). The molecule has 1 aromatic heterocycles. The average molecular weight is 219 g/mol. The van der Waals surface area contributed by atoms with E-state index in [1.54, 1.807) is 0 Å². The molecule has 3 nitrogen and oxygen atoms in total. The molecule has 0 spiro atoms. The van der Waals surface area contributed by atoms with Crippen molar-refractivity contribution in [2.45, 2.75) is 51.6 Å². The normalized spacial score (nSPS) is 34.2. The van der Waals surface area contributed by atoms with Crippen LogP contribution in [0.3, 0.4) is 0 Å². The molecule has 2 aliphatic carbocycles. The third kappa shape index (κ3) is 1.72. The second-order valence-corrected chi connectivity index (χ2v) is 5.55. The summed E-state index contributed by atoms with van der Waals surface area (Å²) in [5.41, 5.74) is 0. The van der Waals surface area contributed by atoms with Crippen LogP contribution >= 0.6 is 0 Å². The van der Waals surface area contributed by atoms with Crippen LogP contribution in [0.2, 0.25) is 0 Å². The molecular weight excluding hydrogens is 198 g/mol. The number of imidazole rings is 1. The van der Waals surface area contributed by atoms with Crippen LogP contribution in [0.1, 0.15) is 45.6 Å². The molecule has 0 aromatic carbocycles. The monoisotopic (exact) mass is 219 g/mol. The van der Waals surface area contributed by atoms with Gasteiger partial charge >= 0.3 is 0 Å². The van der Waals surface area contributed by atoms with Gasteiger partial charge in [0, 0.05) is 24.5 Å². The Labute approximate surface area is 97.3 Å². The topological polar surface area (TPSA) is 29.9 Å². The van der Waals surface area contributed by atoms with Gasteiger partial charge in [0.1, 0.15) is 0 Å². The van der Waals surface area contributed by atoms with Crippen molar-refractivity contribution in [1.29, 1.82) is 0 Å². The van der Waals surface area contributed by atoms with Crippen molar-refractivity contribution in [2.75, 3.05) is 5.32 Å². The summed E-state index contributed by atoms with van der Waals surface area (Å²) in [4.78, 5) is 4.45. The maximum absolute atomic E-state index is 4.45. The first kappa shape index (κ1) is 10.2. The number of hydrogen-bond donors (Lipinski definition) is 1. The molecule has 2 fully saturated rings. The first-order valence-corrected chi connectivity index (χ1v) is 6.55. The fraction of sp³-hybridized carbons (Fsp3) is 0.769. The minimum absolute atomic E-state index is 0.620. The summed E-state index contributed by atoms with van der Waals surface area (Å²) in [6, 6.07) is 1.34. The lowest BCUT2D eigenvalue weighted by Crippen LogP contribution is -2.25. The van der Waals surface area contributed by atoms with E-state index in [1.807, 2.05) is 6.20 Å². The molecule has 0 amide bonds. The van der Waals surface area contributed by atoms with E-state index >= 15 is 0 Å². The molecule has 0 saturated heterocycles. The number of rotatable bonds is 3.